The minimum Gasteiger partial charge on any atom is -0.457 e. The summed E-state index contributed by atoms with van der Waals surface area (Å²) in [7, 11) is -0.237. The van der Waals surface area contributed by atoms with Gasteiger partial charge in [0.05, 0.1) is 0 Å². The predicted octanol–water partition coefficient (Wildman–Crippen LogP) is 2.61. The lowest BCUT2D eigenvalue weighted by Gasteiger charge is -2.19. The zero-order valence-corrected chi connectivity index (χ0v) is 10.6. The van der Waals surface area contributed by atoms with Crippen LogP contribution in [0, 0.1) is 0 Å². The van der Waals surface area contributed by atoms with E-state index in [1.54, 1.807) is 0 Å². The molecule has 3 nitrogen and oxygen atoms in total. The van der Waals surface area contributed by atoms with Gasteiger partial charge in [0.15, 0.2) is 0 Å². The molecule has 2 aromatic carbocycles. The van der Waals surface area contributed by atoms with E-state index in [0.29, 0.717) is 0 Å². The third kappa shape index (κ3) is 3.16. The Balaban J connectivity index is 1.68. The molecule has 4 heteroatoms. The van der Waals surface area contributed by atoms with Crippen LogP contribution in [0.2, 0.25) is 0 Å². The molecule has 0 spiro atoms. The van der Waals surface area contributed by atoms with Gasteiger partial charge in [0.2, 0.25) is 0 Å². The van der Waals surface area contributed by atoms with Crippen LogP contribution >= 0.6 is 0 Å². The molecule has 0 aliphatic carbocycles. The van der Waals surface area contributed by atoms with Crippen molar-refractivity contribution in [2.24, 2.45) is 0 Å². The maximum absolute atomic E-state index is 5.74. The third-order valence-electron chi connectivity index (χ3n) is 2.96. The van der Waals surface area contributed by atoms with E-state index in [0.717, 1.165) is 36.6 Å². The topological polar surface area (TPSA) is 27.7 Å². The molecule has 1 fully saturated rings. The Bertz CT molecular complexity index is 507. The molecule has 0 aromatic heterocycles. The smallest absolute Gasteiger partial charge is 0.457 e. The number of rotatable bonds is 3. The Labute approximate surface area is 113 Å². The average Bonchev–Trinajstić information content (AvgIpc) is 2.50. The number of hydrogen-bond acceptors (Lipinski definition) is 3. The summed E-state index contributed by atoms with van der Waals surface area (Å²) in [5, 5.41) is 0. The van der Waals surface area contributed by atoms with E-state index in [2.05, 4.69) is 0 Å². The van der Waals surface area contributed by atoms with Crippen LogP contribution in [0.3, 0.4) is 0 Å². The normalized spacial score (nSPS) is 15.3. The van der Waals surface area contributed by atoms with Crippen molar-refractivity contribution in [2.45, 2.75) is 6.42 Å². The highest BCUT2D eigenvalue weighted by Gasteiger charge is 2.23. The lowest BCUT2D eigenvalue weighted by Crippen LogP contribution is -2.40. The summed E-state index contributed by atoms with van der Waals surface area (Å²) in [4.78, 5) is 0. The molecule has 1 aliphatic rings. The molecule has 0 unspecified atom stereocenters. The highest BCUT2D eigenvalue weighted by molar-refractivity contribution is 6.61. The van der Waals surface area contributed by atoms with Crippen LogP contribution < -0.4 is 10.2 Å². The molecule has 0 saturated carbocycles. The van der Waals surface area contributed by atoms with Crippen molar-refractivity contribution < 1.29 is 14.0 Å². The molecule has 96 valence electrons. The van der Waals surface area contributed by atoms with Gasteiger partial charge >= 0.3 is 7.12 Å². The van der Waals surface area contributed by atoms with Crippen molar-refractivity contribution >= 4 is 12.6 Å². The molecule has 0 amide bonds. The molecule has 3 rings (SSSR count). The van der Waals surface area contributed by atoms with Crippen molar-refractivity contribution in [3.8, 4) is 11.5 Å². The van der Waals surface area contributed by atoms with Gasteiger partial charge in [-0.25, -0.2) is 0 Å². The maximum Gasteiger partial charge on any atom is 0.493 e. The highest BCUT2D eigenvalue weighted by Crippen LogP contribution is 2.19. The first-order chi connectivity index (χ1) is 9.42. The summed E-state index contributed by atoms with van der Waals surface area (Å²) in [5.74, 6) is 1.64. The van der Waals surface area contributed by atoms with Crippen LogP contribution in [0.5, 0.6) is 11.5 Å². The Morgan fingerprint density at radius 1 is 0.789 bits per heavy atom. The summed E-state index contributed by atoms with van der Waals surface area (Å²) >= 11 is 0. The fourth-order valence-corrected chi connectivity index (χ4v) is 2.00. The molecule has 0 N–H and O–H groups in total. The summed E-state index contributed by atoms with van der Waals surface area (Å²) in [6, 6.07) is 17.6. The van der Waals surface area contributed by atoms with Gasteiger partial charge < -0.3 is 14.0 Å². The number of benzene rings is 2. The lowest BCUT2D eigenvalue weighted by molar-refractivity contribution is 0.143. The van der Waals surface area contributed by atoms with Gasteiger partial charge in [0.1, 0.15) is 11.5 Å². The number of para-hydroxylation sites is 1. The summed E-state index contributed by atoms with van der Waals surface area (Å²) < 4.78 is 16.9. The first-order valence-corrected chi connectivity index (χ1v) is 6.48. The molecule has 1 saturated heterocycles. The van der Waals surface area contributed by atoms with E-state index >= 15 is 0 Å². The van der Waals surface area contributed by atoms with Crippen molar-refractivity contribution in [3.05, 3.63) is 54.6 Å². The SMILES string of the molecule is c1ccc(Oc2ccc(B3OCCCO3)cc2)cc1. The second-order valence-corrected chi connectivity index (χ2v) is 4.41. The van der Waals surface area contributed by atoms with E-state index in [-0.39, 0.29) is 7.12 Å². The van der Waals surface area contributed by atoms with Crippen LogP contribution in [0.15, 0.2) is 54.6 Å². The van der Waals surface area contributed by atoms with Gasteiger partial charge in [-0.2, -0.15) is 0 Å². The van der Waals surface area contributed by atoms with Gasteiger partial charge in [-0.1, -0.05) is 30.3 Å². The van der Waals surface area contributed by atoms with Crippen molar-refractivity contribution in [1.29, 1.82) is 0 Å². The summed E-state index contributed by atoms with van der Waals surface area (Å²) in [5.41, 5.74) is 1.03. The zero-order chi connectivity index (χ0) is 12.9. The molecule has 0 radical (unpaired) electrons. The van der Waals surface area contributed by atoms with Gasteiger partial charge in [0, 0.05) is 13.2 Å². The van der Waals surface area contributed by atoms with Crippen molar-refractivity contribution in [2.75, 3.05) is 13.2 Å². The van der Waals surface area contributed by atoms with E-state index in [1.165, 1.54) is 0 Å². The highest BCUT2D eigenvalue weighted by atomic mass is 16.6. The van der Waals surface area contributed by atoms with Gasteiger partial charge in [-0.05, 0) is 36.1 Å². The van der Waals surface area contributed by atoms with Crippen LogP contribution in [0.25, 0.3) is 0 Å². The molecule has 19 heavy (non-hydrogen) atoms. The summed E-state index contributed by atoms with van der Waals surface area (Å²) in [6.07, 6.45) is 0.964. The van der Waals surface area contributed by atoms with Crippen LogP contribution in [0.1, 0.15) is 6.42 Å². The third-order valence-corrected chi connectivity index (χ3v) is 2.96. The molecular weight excluding hydrogens is 239 g/mol. The molecule has 0 atom stereocenters. The Hall–Kier alpha value is -1.78. The molecule has 0 bridgehead atoms. The summed E-state index contributed by atoms with van der Waals surface area (Å²) in [6.45, 7) is 1.51. The Morgan fingerprint density at radius 3 is 2.11 bits per heavy atom. The second kappa shape index (κ2) is 5.91. The average molecular weight is 254 g/mol. The lowest BCUT2D eigenvalue weighted by atomic mass is 9.78. The fraction of sp³-hybridized carbons (Fsp3) is 0.200. The van der Waals surface area contributed by atoms with Gasteiger partial charge in [-0.15, -0.1) is 0 Å². The van der Waals surface area contributed by atoms with E-state index in [4.69, 9.17) is 14.0 Å². The van der Waals surface area contributed by atoms with Crippen LogP contribution in [0.4, 0.5) is 0 Å². The fourth-order valence-electron chi connectivity index (χ4n) is 2.00. The largest absolute Gasteiger partial charge is 0.493 e. The van der Waals surface area contributed by atoms with E-state index in [1.807, 2.05) is 54.6 Å². The van der Waals surface area contributed by atoms with Crippen molar-refractivity contribution in [3.63, 3.8) is 0 Å². The second-order valence-electron chi connectivity index (χ2n) is 4.41. The molecule has 1 aliphatic heterocycles. The van der Waals surface area contributed by atoms with Gasteiger partial charge in [-0.3, -0.25) is 0 Å². The maximum atomic E-state index is 5.74. The van der Waals surface area contributed by atoms with Crippen LogP contribution in [-0.2, 0) is 9.31 Å². The quantitative estimate of drug-likeness (QED) is 0.788. The standard InChI is InChI=1S/C15H15BO3/c1-2-5-14(6-3-1)19-15-9-7-13(8-10-15)16-17-11-4-12-18-16/h1-3,5-10H,4,11-12H2. The molecule has 1 heterocycles. The van der Waals surface area contributed by atoms with Crippen molar-refractivity contribution in [1.82, 2.24) is 0 Å². The molecule has 2 aromatic rings. The first-order valence-electron chi connectivity index (χ1n) is 6.48. The Morgan fingerprint density at radius 2 is 1.42 bits per heavy atom. The minimum absolute atomic E-state index is 0.237. The van der Waals surface area contributed by atoms with E-state index < -0.39 is 0 Å². The first kappa shape index (κ1) is 12.3. The minimum atomic E-state index is -0.237. The molecular formula is C15H15BO3. The monoisotopic (exact) mass is 254 g/mol. The van der Waals surface area contributed by atoms with Gasteiger partial charge in [0.25, 0.3) is 0 Å². The predicted molar refractivity (Wildman–Crippen MR) is 74.9 cm³/mol. The Kier molecular flexibility index (Phi) is 3.82. The van der Waals surface area contributed by atoms with E-state index in [9.17, 15) is 0 Å². The number of hydrogen-bond donors (Lipinski definition) is 0. The number of ether oxygens (including phenoxy) is 1. The van der Waals surface area contributed by atoms with Crippen LogP contribution in [-0.4, -0.2) is 20.3 Å². The zero-order valence-electron chi connectivity index (χ0n) is 10.6.